The molecule has 11 nitrogen and oxygen atoms in total. The Morgan fingerprint density at radius 1 is 0.403 bits per heavy atom. The van der Waals surface area contributed by atoms with Crippen molar-refractivity contribution < 1.29 is 52.2 Å². The largest absolute Gasteiger partial charge is 0.472 e. The second-order valence-electron chi connectivity index (χ2n) is 19.4. The number of hydrogen-bond acceptors (Lipinski definition) is 10. The molecular weight excluding hydrogens is 928 g/mol. The second-order valence-corrected chi connectivity index (χ2v) is 20.9. The minimum Gasteiger partial charge on any atom is -0.462 e. The number of phosphoric ester groups is 1. The first-order valence-corrected chi connectivity index (χ1v) is 30.7. The Kier molecular flexibility index (Phi) is 52.3. The van der Waals surface area contributed by atoms with E-state index in [1.165, 1.54) is 116 Å². The van der Waals surface area contributed by atoms with E-state index in [0.717, 1.165) is 89.9 Å². The molecule has 0 saturated carbocycles. The van der Waals surface area contributed by atoms with E-state index >= 15 is 0 Å². The van der Waals surface area contributed by atoms with E-state index in [9.17, 15) is 28.9 Å². The van der Waals surface area contributed by atoms with E-state index in [1.807, 2.05) is 0 Å². The molecule has 0 radical (unpaired) electrons. The first-order chi connectivity index (χ1) is 35.2. The lowest BCUT2D eigenvalue weighted by molar-refractivity contribution is -0.161. The van der Waals surface area contributed by atoms with E-state index in [1.54, 1.807) is 0 Å². The van der Waals surface area contributed by atoms with Crippen molar-refractivity contribution in [3.05, 3.63) is 60.8 Å². The van der Waals surface area contributed by atoms with Crippen molar-refractivity contribution in [3.63, 3.8) is 0 Å². The normalized spacial score (nSPS) is 13.8. The fourth-order valence-corrected chi connectivity index (χ4v) is 8.81. The third kappa shape index (κ3) is 52.1. The van der Waals surface area contributed by atoms with Crippen LogP contribution in [-0.4, -0.2) is 66.5 Å². The summed E-state index contributed by atoms with van der Waals surface area (Å²) < 4.78 is 39.5. The highest BCUT2D eigenvalue weighted by Crippen LogP contribution is 2.43. The summed E-state index contributed by atoms with van der Waals surface area (Å²) in [6.07, 6.45) is 58.9. The highest BCUT2D eigenvalue weighted by atomic mass is 31.2. The Bertz CT molecular complexity index is 1440. The lowest BCUT2D eigenvalue weighted by atomic mass is 10.0. The molecule has 0 aromatic carbocycles. The Morgan fingerprint density at radius 3 is 1.11 bits per heavy atom. The zero-order valence-corrected chi connectivity index (χ0v) is 47.0. The molecule has 0 amide bonds. The fourth-order valence-electron chi connectivity index (χ4n) is 8.03. The first kappa shape index (κ1) is 69.2. The van der Waals surface area contributed by atoms with Crippen LogP contribution in [0.15, 0.2) is 60.8 Å². The van der Waals surface area contributed by atoms with Crippen LogP contribution in [0.2, 0.25) is 0 Å². The number of aliphatic hydroxyl groups excluding tert-OH is 1. The van der Waals surface area contributed by atoms with Gasteiger partial charge in [0.1, 0.15) is 12.7 Å². The van der Waals surface area contributed by atoms with Gasteiger partial charge >= 0.3 is 25.7 Å². The Labute approximate surface area is 440 Å². The van der Waals surface area contributed by atoms with E-state index in [-0.39, 0.29) is 25.9 Å². The molecular formula is C60H107O11P. The van der Waals surface area contributed by atoms with E-state index in [2.05, 4.69) is 81.5 Å². The van der Waals surface area contributed by atoms with E-state index in [0.29, 0.717) is 19.3 Å². The molecule has 0 aliphatic carbocycles. The highest BCUT2D eigenvalue weighted by molar-refractivity contribution is 7.47. The molecule has 3 unspecified atom stereocenters. The Morgan fingerprint density at radius 2 is 0.722 bits per heavy atom. The maximum atomic E-state index is 12.9. The molecule has 0 aromatic rings. The minimum absolute atomic E-state index is 0.130. The summed E-state index contributed by atoms with van der Waals surface area (Å²) in [6.45, 7) is 4.52. The number of aliphatic hydroxyl groups is 1. The van der Waals surface area contributed by atoms with Gasteiger partial charge in [0.15, 0.2) is 6.10 Å². The fraction of sp³-hybridized carbons (Fsp3) is 0.783. The number of ether oxygens (including phenoxy) is 3. The van der Waals surface area contributed by atoms with Crippen LogP contribution in [0, 0.1) is 0 Å². The number of hydrogen-bond donors (Lipinski definition) is 2. The average Bonchev–Trinajstić information content (AvgIpc) is 3.37. The summed E-state index contributed by atoms with van der Waals surface area (Å²) in [5.74, 6) is -1.49. The van der Waals surface area contributed by atoms with Crippen molar-refractivity contribution >= 4 is 25.7 Å². The van der Waals surface area contributed by atoms with Gasteiger partial charge in [0, 0.05) is 19.3 Å². The molecule has 2 N–H and O–H groups in total. The standard InChI is InChI=1S/C60H107O11P/c1-4-7-10-13-16-19-22-25-26-27-28-29-30-33-36-39-42-45-48-51-60(64)71-57(53-67-58(62)49-46-43-40-37-34-31-23-20-17-14-11-8-5-2)55-69-72(65,66)68-54-56(52-61)70-59(63)50-47-44-41-38-35-32-24-21-18-15-12-9-6-3/h7,10,16,19,25-26,28-29,33,36,56-57,61H,4-6,8-9,11-15,17-18,20-24,27,30-32,34-35,37-55H2,1-3H3,(H,65,66)/b10-7-,19-16-,26-25-,29-28-,36-33-. The van der Waals surface area contributed by atoms with Gasteiger partial charge in [-0.3, -0.25) is 23.4 Å². The van der Waals surface area contributed by atoms with Crippen LogP contribution in [0.5, 0.6) is 0 Å². The lowest BCUT2D eigenvalue weighted by Gasteiger charge is -2.21. The molecule has 0 aliphatic rings. The number of carbonyl (C=O) groups is 3. The molecule has 0 saturated heterocycles. The Balaban J connectivity index is 4.76. The van der Waals surface area contributed by atoms with Crippen LogP contribution in [0.1, 0.15) is 265 Å². The first-order valence-electron chi connectivity index (χ1n) is 29.2. The summed E-state index contributed by atoms with van der Waals surface area (Å²) in [6, 6.07) is 0. The summed E-state index contributed by atoms with van der Waals surface area (Å²) in [4.78, 5) is 48.5. The topological polar surface area (TPSA) is 155 Å². The predicted octanol–water partition coefficient (Wildman–Crippen LogP) is 17.1. The number of esters is 3. The maximum Gasteiger partial charge on any atom is 0.472 e. The van der Waals surface area contributed by atoms with Crippen LogP contribution in [-0.2, 0) is 42.2 Å². The molecule has 0 aromatic heterocycles. The predicted molar refractivity (Wildman–Crippen MR) is 298 cm³/mol. The van der Waals surface area contributed by atoms with Crippen molar-refractivity contribution in [1.29, 1.82) is 0 Å². The molecule has 0 heterocycles. The zero-order chi connectivity index (χ0) is 52.7. The van der Waals surface area contributed by atoms with Crippen LogP contribution < -0.4 is 0 Å². The van der Waals surface area contributed by atoms with Gasteiger partial charge < -0.3 is 24.2 Å². The van der Waals surface area contributed by atoms with Crippen LogP contribution in [0.4, 0.5) is 0 Å². The molecule has 3 atom stereocenters. The molecule has 12 heteroatoms. The third-order valence-corrected chi connectivity index (χ3v) is 13.4. The summed E-state index contributed by atoms with van der Waals surface area (Å²) in [5.41, 5.74) is 0. The Hall–Kier alpha value is -2.82. The molecule has 72 heavy (non-hydrogen) atoms. The van der Waals surface area contributed by atoms with Gasteiger partial charge in [-0.2, -0.15) is 0 Å². The smallest absolute Gasteiger partial charge is 0.462 e. The summed E-state index contributed by atoms with van der Waals surface area (Å²) in [5, 5.41) is 9.81. The molecule has 0 aliphatic heterocycles. The van der Waals surface area contributed by atoms with Gasteiger partial charge in [-0.1, -0.05) is 242 Å². The van der Waals surface area contributed by atoms with Gasteiger partial charge in [0.25, 0.3) is 0 Å². The summed E-state index contributed by atoms with van der Waals surface area (Å²) in [7, 11) is -4.75. The lowest BCUT2D eigenvalue weighted by Crippen LogP contribution is -2.30. The van der Waals surface area contributed by atoms with Crippen LogP contribution in [0.3, 0.4) is 0 Å². The van der Waals surface area contributed by atoms with E-state index < -0.39 is 57.8 Å². The number of unbranched alkanes of at least 4 members (excludes halogenated alkanes) is 27. The highest BCUT2D eigenvalue weighted by Gasteiger charge is 2.28. The van der Waals surface area contributed by atoms with E-state index in [4.69, 9.17) is 23.3 Å². The monoisotopic (exact) mass is 1030 g/mol. The van der Waals surface area contributed by atoms with Crippen molar-refractivity contribution in [2.24, 2.45) is 0 Å². The van der Waals surface area contributed by atoms with Gasteiger partial charge in [0.2, 0.25) is 0 Å². The number of phosphoric acid groups is 1. The number of allylic oxidation sites excluding steroid dienone is 10. The molecule has 418 valence electrons. The van der Waals surface area contributed by atoms with Gasteiger partial charge in [-0.15, -0.1) is 0 Å². The average molecular weight is 1040 g/mol. The van der Waals surface area contributed by atoms with Crippen molar-refractivity contribution in [2.45, 2.75) is 277 Å². The maximum absolute atomic E-state index is 12.9. The number of carbonyl (C=O) groups excluding carboxylic acids is 3. The van der Waals surface area contributed by atoms with Crippen molar-refractivity contribution in [2.75, 3.05) is 26.4 Å². The number of rotatable bonds is 54. The molecule has 0 spiro atoms. The van der Waals surface area contributed by atoms with Gasteiger partial charge in [0.05, 0.1) is 19.8 Å². The SMILES string of the molecule is CC/C=C\C/C=C\C/C=C\C/C=C\C/C=C\CCCCCC(=O)OC(COC(=O)CCCCCCCCCCCCCCC)COP(=O)(O)OCC(CO)OC(=O)CCCCCCCCCCCCCCC. The second kappa shape index (κ2) is 54.4. The molecule has 0 bridgehead atoms. The van der Waals surface area contributed by atoms with Crippen molar-refractivity contribution in [3.8, 4) is 0 Å². The van der Waals surface area contributed by atoms with Crippen LogP contribution >= 0.6 is 7.82 Å². The van der Waals surface area contributed by atoms with Crippen molar-refractivity contribution in [1.82, 2.24) is 0 Å². The molecule has 0 rings (SSSR count). The third-order valence-electron chi connectivity index (χ3n) is 12.5. The minimum atomic E-state index is -4.75. The van der Waals surface area contributed by atoms with Gasteiger partial charge in [-0.05, 0) is 64.2 Å². The van der Waals surface area contributed by atoms with Crippen LogP contribution in [0.25, 0.3) is 0 Å². The quantitative estimate of drug-likeness (QED) is 0.0197. The molecule has 0 fully saturated rings. The zero-order valence-electron chi connectivity index (χ0n) is 46.1. The summed E-state index contributed by atoms with van der Waals surface area (Å²) >= 11 is 0. The van der Waals surface area contributed by atoms with Gasteiger partial charge in [-0.25, -0.2) is 4.57 Å².